The number of allylic oxidation sites excluding steroid dienone is 1. The van der Waals surface area contributed by atoms with Crippen molar-refractivity contribution in [3.63, 3.8) is 0 Å². The summed E-state index contributed by atoms with van der Waals surface area (Å²) in [7, 11) is -3.70. The molecule has 2 aromatic carbocycles. The van der Waals surface area contributed by atoms with Crippen molar-refractivity contribution in [2.75, 3.05) is 4.72 Å². The monoisotopic (exact) mass is 317 g/mol. The highest BCUT2D eigenvalue weighted by Gasteiger charge is 2.15. The largest absolute Gasteiger partial charge is 0.478 e. The van der Waals surface area contributed by atoms with Gasteiger partial charge in [0.1, 0.15) is 0 Å². The number of carboxylic acids is 1. The van der Waals surface area contributed by atoms with Gasteiger partial charge in [0.05, 0.1) is 10.5 Å². The lowest BCUT2D eigenvalue weighted by atomic mass is 10.0. The smallest absolute Gasteiger partial charge is 0.335 e. The van der Waals surface area contributed by atoms with Gasteiger partial charge in [0.2, 0.25) is 0 Å². The van der Waals surface area contributed by atoms with Crippen LogP contribution >= 0.6 is 0 Å². The second-order valence-electron chi connectivity index (χ2n) is 4.59. The van der Waals surface area contributed by atoms with E-state index in [4.69, 9.17) is 5.11 Å². The molecule has 114 valence electrons. The summed E-state index contributed by atoms with van der Waals surface area (Å²) in [6, 6.07) is 12.3. The van der Waals surface area contributed by atoms with Gasteiger partial charge in [0.25, 0.3) is 10.0 Å². The first-order valence-corrected chi connectivity index (χ1v) is 7.97. The molecular weight excluding hydrogens is 302 g/mol. The van der Waals surface area contributed by atoms with Crippen LogP contribution in [0, 0.1) is 0 Å². The molecule has 0 aliphatic rings. The Morgan fingerprint density at radius 3 is 2.45 bits per heavy atom. The van der Waals surface area contributed by atoms with Gasteiger partial charge >= 0.3 is 5.97 Å². The molecule has 22 heavy (non-hydrogen) atoms. The van der Waals surface area contributed by atoms with Crippen LogP contribution in [0.15, 0.2) is 66.1 Å². The van der Waals surface area contributed by atoms with Gasteiger partial charge in [-0.2, -0.15) is 0 Å². The van der Waals surface area contributed by atoms with Gasteiger partial charge in [-0.3, -0.25) is 4.72 Å². The molecule has 0 spiro atoms. The summed E-state index contributed by atoms with van der Waals surface area (Å²) >= 11 is 0. The zero-order chi connectivity index (χ0) is 16.2. The second-order valence-corrected chi connectivity index (χ2v) is 6.27. The van der Waals surface area contributed by atoms with E-state index in [1.54, 1.807) is 24.3 Å². The molecule has 0 saturated carbocycles. The molecule has 0 heterocycles. The van der Waals surface area contributed by atoms with E-state index in [0.29, 0.717) is 17.7 Å². The van der Waals surface area contributed by atoms with E-state index in [-0.39, 0.29) is 10.5 Å². The first-order valence-electron chi connectivity index (χ1n) is 6.49. The molecule has 0 atom stereocenters. The minimum atomic E-state index is -3.70. The molecule has 5 nitrogen and oxygen atoms in total. The van der Waals surface area contributed by atoms with E-state index in [0.717, 1.165) is 0 Å². The van der Waals surface area contributed by atoms with E-state index in [1.165, 1.54) is 30.3 Å². The third-order valence-electron chi connectivity index (χ3n) is 3.01. The number of rotatable bonds is 6. The van der Waals surface area contributed by atoms with Gasteiger partial charge in [0.15, 0.2) is 0 Å². The summed E-state index contributed by atoms with van der Waals surface area (Å²) in [6.07, 6.45) is 1.90. The standard InChI is InChI=1S/C16H15NO4S/c1-2-6-12-11-13(9-10-15(12)16(18)19)17-22(20,21)14-7-4-3-5-8-14/h2-5,7-11,17H,1,6H2,(H,18,19). The van der Waals surface area contributed by atoms with Crippen LogP contribution in [0.1, 0.15) is 15.9 Å². The minimum absolute atomic E-state index is 0.127. The molecule has 0 bridgehead atoms. The highest BCUT2D eigenvalue weighted by atomic mass is 32.2. The summed E-state index contributed by atoms with van der Waals surface area (Å²) in [5, 5.41) is 9.12. The van der Waals surface area contributed by atoms with Gasteiger partial charge in [-0.15, -0.1) is 6.58 Å². The maximum atomic E-state index is 12.2. The third-order valence-corrected chi connectivity index (χ3v) is 4.40. The lowest BCUT2D eigenvalue weighted by molar-refractivity contribution is 0.0696. The lowest BCUT2D eigenvalue weighted by Gasteiger charge is -2.11. The molecule has 6 heteroatoms. The third kappa shape index (κ3) is 3.53. The van der Waals surface area contributed by atoms with Gasteiger partial charge in [-0.25, -0.2) is 13.2 Å². The zero-order valence-corrected chi connectivity index (χ0v) is 12.5. The Kier molecular flexibility index (Phi) is 4.62. The van der Waals surface area contributed by atoms with Crippen LogP contribution in [0.25, 0.3) is 0 Å². The molecule has 0 fully saturated rings. The van der Waals surface area contributed by atoms with Crippen LogP contribution in [0.2, 0.25) is 0 Å². The average Bonchev–Trinajstić information content (AvgIpc) is 2.48. The summed E-state index contributed by atoms with van der Waals surface area (Å²) < 4.78 is 26.9. The number of nitrogens with one attached hydrogen (secondary N) is 1. The van der Waals surface area contributed by atoms with Gasteiger partial charge in [-0.05, 0) is 42.3 Å². The zero-order valence-electron chi connectivity index (χ0n) is 11.7. The van der Waals surface area contributed by atoms with Crippen molar-refractivity contribution < 1.29 is 18.3 Å². The number of carboxylic acid groups (broad SMARTS) is 1. The maximum absolute atomic E-state index is 12.2. The van der Waals surface area contributed by atoms with Gasteiger partial charge < -0.3 is 5.11 Å². The maximum Gasteiger partial charge on any atom is 0.335 e. The molecule has 0 radical (unpaired) electrons. The predicted molar refractivity (Wildman–Crippen MR) is 84.6 cm³/mol. The lowest BCUT2D eigenvalue weighted by Crippen LogP contribution is -2.13. The first kappa shape index (κ1) is 15.8. The van der Waals surface area contributed by atoms with Gasteiger partial charge in [0, 0.05) is 5.69 Å². The van der Waals surface area contributed by atoms with Crippen LogP contribution in [-0.2, 0) is 16.4 Å². The van der Waals surface area contributed by atoms with Crippen LogP contribution in [0.4, 0.5) is 5.69 Å². The van der Waals surface area contributed by atoms with Crippen molar-refractivity contribution in [1.82, 2.24) is 0 Å². The van der Waals surface area contributed by atoms with Crippen molar-refractivity contribution >= 4 is 21.7 Å². The van der Waals surface area contributed by atoms with Crippen molar-refractivity contribution in [1.29, 1.82) is 0 Å². The second kappa shape index (κ2) is 6.44. The van der Waals surface area contributed by atoms with E-state index >= 15 is 0 Å². The summed E-state index contributed by atoms with van der Waals surface area (Å²) in [4.78, 5) is 11.3. The Labute approximate surface area is 129 Å². The van der Waals surface area contributed by atoms with E-state index in [2.05, 4.69) is 11.3 Å². The number of sulfonamides is 1. The Morgan fingerprint density at radius 2 is 1.86 bits per heavy atom. The molecule has 2 rings (SSSR count). The summed E-state index contributed by atoms with van der Waals surface area (Å²) in [6.45, 7) is 3.58. The molecule has 0 aliphatic heterocycles. The molecular formula is C16H15NO4S. The highest BCUT2D eigenvalue weighted by molar-refractivity contribution is 7.92. The minimum Gasteiger partial charge on any atom is -0.478 e. The molecule has 2 N–H and O–H groups in total. The number of anilines is 1. The van der Waals surface area contributed by atoms with Gasteiger partial charge in [-0.1, -0.05) is 24.3 Å². The topological polar surface area (TPSA) is 83.5 Å². The Balaban J connectivity index is 2.36. The van der Waals surface area contributed by atoms with Crippen LogP contribution < -0.4 is 4.72 Å². The first-order chi connectivity index (χ1) is 10.4. The quantitative estimate of drug-likeness (QED) is 0.802. The number of hydrogen-bond acceptors (Lipinski definition) is 3. The van der Waals surface area contributed by atoms with Crippen molar-refractivity contribution in [3.8, 4) is 0 Å². The van der Waals surface area contributed by atoms with E-state index < -0.39 is 16.0 Å². The Hall–Kier alpha value is -2.60. The highest BCUT2D eigenvalue weighted by Crippen LogP contribution is 2.20. The van der Waals surface area contributed by atoms with Crippen LogP contribution in [0.3, 0.4) is 0 Å². The Morgan fingerprint density at radius 1 is 1.18 bits per heavy atom. The molecule has 0 aromatic heterocycles. The molecule has 0 aliphatic carbocycles. The number of hydrogen-bond donors (Lipinski definition) is 2. The molecule has 0 amide bonds. The fourth-order valence-corrected chi connectivity index (χ4v) is 3.07. The summed E-state index contributed by atoms with van der Waals surface area (Å²) in [5.74, 6) is -1.06. The van der Waals surface area contributed by atoms with Crippen LogP contribution in [0.5, 0.6) is 0 Å². The Bertz CT molecular complexity index is 798. The molecule has 2 aromatic rings. The van der Waals surface area contributed by atoms with Crippen LogP contribution in [-0.4, -0.2) is 19.5 Å². The number of carbonyl (C=O) groups is 1. The van der Waals surface area contributed by atoms with Crippen molar-refractivity contribution in [2.45, 2.75) is 11.3 Å². The molecule has 0 saturated heterocycles. The van der Waals surface area contributed by atoms with E-state index in [9.17, 15) is 13.2 Å². The predicted octanol–water partition coefficient (Wildman–Crippen LogP) is 2.91. The van der Waals surface area contributed by atoms with Crippen molar-refractivity contribution in [2.24, 2.45) is 0 Å². The fraction of sp³-hybridized carbons (Fsp3) is 0.0625. The van der Waals surface area contributed by atoms with Crippen molar-refractivity contribution in [3.05, 3.63) is 72.3 Å². The SMILES string of the molecule is C=CCc1cc(NS(=O)(=O)c2ccccc2)ccc1C(=O)O. The molecule has 0 unspecified atom stereocenters. The summed E-state index contributed by atoms with van der Waals surface area (Å²) in [5.41, 5.74) is 0.934. The van der Waals surface area contributed by atoms with E-state index in [1.807, 2.05) is 0 Å². The number of aromatic carboxylic acids is 1. The average molecular weight is 317 g/mol. The normalized spacial score (nSPS) is 10.9. The fourth-order valence-electron chi connectivity index (χ4n) is 2.00. The number of benzene rings is 2.